The molecule has 0 fully saturated rings. The first-order valence-corrected chi connectivity index (χ1v) is 7.30. The number of aryl methyl sites for hydroxylation is 1. The van der Waals surface area contributed by atoms with Crippen LogP contribution in [0.3, 0.4) is 0 Å². The number of hydrogen-bond acceptors (Lipinski definition) is 2. The Labute approximate surface area is 125 Å². The molecule has 2 amide bonds. The standard InChI is InChI=1S/C16H24N2O3/c1-5-12(6-2)11(4)17-16(21)18-14-9-13(15(19)20)8-7-10(14)3/h7-9,11-12H,5-6H2,1-4H3,(H,19,20)(H2,17,18,21). The van der Waals surface area contributed by atoms with E-state index in [9.17, 15) is 9.59 Å². The number of carboxylic acids is 1. The van der Waals surface area contributed by atoms with Crippen LogP contribution in [0.5, 0.6) is 0 Å². The van der Waals surface area contributed by atoms with Gasteiger partial charge in [0, 0.05) is 11.7 Å². The van der Waals surface area contributed by atoms with E-state index in [1.807, 2.05) is 13.8 Å². The maximum absolute atomic E-state index is 12.0. The fourth-order valence-electron chi connectivity index (χ4n) is 2.37. The Morgan fingerprint density at radius 1 is 1.24 bits per heavy atom. The van der Waals surface area contributed by atoms with Crippen LogP contribution in [0.15, 0.2) is 18.2 Å². The van der Waals surface area contributed by atoms with Crippen LogP contribution in [-0.2, 0) is 0 Å². The summed E-state index contributed by atoms with van der Waals surface area (Å²) < 4.78 is 0. The minimum Gasteiger partial charge on any atom is -0.478 e. The SMILES string of the molecule is CCC(CC)C(C)NC(=O)Nc1cc(C(=O)O)ccc1C. The summed E-state index contributed by atoms with van der Waals surface area (Å²) in [5.74, 6) is -0.578. The molecule has 5 heteroatoms. The fourth-order valence-corrected chi connectivity index (χ4v) is 2.37. The number of aromatic carboxylic acids is 1. The number of carboxylic acid groups (broad SMARTS) is 1. The van der Waals surface area contributed by atoms with Crippen molar-refractivity contribution in [2.75, 3.05) is 5.32 Å². The van der Waals surface area contributed by atoms with Crippen molar-refractivity contribution in [2.24, 2.45) is 5.92 Å². The van der Waals surface area contributed by atoms with E-state index in [2.05, 4.69) is 24.5 Å². The molecular weight excluding hydrogens is 268 g/mol. The van der Waals surface area contributed by atoms with E-state index in [4.69, 9.17) is 5.11 Å². The zero-order chi connectivity index (χ0) is 16.0. The van der Waals surface area contributed by atoms with Gasteiger partial charge >= 0.3 is 12.0 Å². The Kier molecular flexibility index (Phi) is 6.21. The first-order valence-electron chi connectivity index (χ1n) is 7.30. The second-order valence-corrected chi connectivity index (χ2v) is 5.30. The monoisotopic (exact) mass is 292 g/mol. The first-order chi connectivity index (χ1) is 9.88. The smallest absolute Gasteiger partial charge is 0.335 e. The van der Waals surface area contributed by atoms with E-state index in [1.54, 1.807) is 6.07 Å². The van der Waals surface area contributed by atoms with Crippen molar-refractivity contribution in [1.82, 2.24) is 5.32 Å². The number of benzene rings is 1. The highest BCUT2D eigenvalue weighted by Gasteiger charge is 2.16. The summed E-state index contributed by atoms with van der Waals surface area (Å²) >= 11 is 0. The number of carbonyl (C=O) groups is 2. The molecule has 0 spiro atoms. The second kappa shape index (κ2) is 7.67. The molecule has 1 aromatic rings. The normalized spacial score (nSPS) is 12.0. The van der Waals surface area contributed by atoms with Crippen molar-refractivity contribution in [3.8, 4) is 0 Å². The molecule has 0 heterocycles. The highest BCUT2D eigenvalue weighted by atomic mass is 16.4. The van der Waals surface area contributed by atoms with Crippen LogP contribution < -0.4 is 10.6 Å². The molecule has 1 rings (SSSR count). The molecule has 1 atom stereocenters. The van der Waals surface area contributed by atoms with Crippen molar-refractivity contribution < 1.29 is 14.7 Å². The zero-order valence-corrected chi connectivity index (χ0v) is 13.1. The van der Waals surface area contributed by atoms with Crippen molar-refractivity contribution in [1.29, 1.82) is 0 Å². The molecule has 1 aromatic carbocycles. The van der Waals surface area contributed by atoms with E-state index >= 15 is 0 Å². The lowest BCUT2D eigenvalue weighted by molar-refractivity contribution is 0.0697. The Bertz CT molecular complexity index is 510. The largest absolute Gasteiger partial charge is 0.478 e. The third-order valence-corrected chi connectivity index (χ3v) is 3.85. The zero-order valence-electron chi connectivity index (χ0n) is 13.1. The van der Waals surface area contributed by atoms with Gasteiger partial charge in [-0.25, -0.2) is 9.59 Å². The van der Waals surface area contributed by atoms with E-state index in [0.717, 1.165) is 18.4 Å². The van der Waals surface area contributed by atoms with Gasteiger partial charge in [-0.15, -0.1) is 0 Å². The molecule has 0 aromatic heterocycles. The van der Waals surface area contributed by atoms with Gasteiger partial charge < -0.3 is 15.7 Å². The van der Waals surface area contributed by atoms with Crippen LogP contribution in [0.2, 0.25) is 0 Å². The number of carbonyl (C=O) groups excluding carboxylic acids is 1. The molecule has 0 bridgehead atoms. The maximum Gasteiger partial charge on any atom is 0.335 e. The summed E-state index contributed by atoms with van der Waals surface area (Å²) in [6, 6.07) is 4.44. The van der Waals surface area contributed by atoms with Crippen molar-refractivity contribution >= 4 is 17.7 Å². The van der Waals surface area contributed by atoms with Gasteiger partial charge in [0.15, 0.2) is 0 Å². The fraction of sp³-hybridized carbons (Fsp3) is 0.500. The summed E-state index contributed by atoms with van der Waals surface area (Å²) in [7, 11) is 0. The van der Waals surface area contributed by atoms with Gasteiger partial charge in [0.05, 0.1) is 5.56 Å². The van der Waals surface area contributed by atoms with E-state index in [1.165, 1.54) is 12.1 Å². The van der Waals surface area contributed by atoms with Gasteiger partial charge in [-0.1, -0.05) is 32.8 Å². The Hall–Kier alpha value is -2.04. The highest BCUT2D eigenvalue weighted by molar-refractivity contribution is 5.94. The minimum atomic E-state index is -1.01. The molecule has 116 valence electrons. The molecule has 0 saturated carbocycles. The molecule has 0 aliphatic rings. The third-order valence-electron chi connectivity index (χ3n) is 3.85. The topological polar surface area (TPSA) is 78.4 Å². The molecule has 5 nitrogen and oxygen atoms in total. The van der Waals surface area contributed by atoms with Gasteiger partial charge in [-0.3, -0.25) is 0 Å². The second-order valence-electron chi connectivity index (χ2n) is 5.30. The molecule has 0 aliphatic heterocycles. The number of hydrogen-bond donors (Lipinski definition) is 3. The average Bonchev–Trinajstić information content (AvgIpc) is 2.42. The Morgan fingerprint density at radius 3 is 2.38 bits per heavy atom. The Morgan fingerprint density at radius 2 is 1.86 bits per heavy atom. The molecule has 21 heavy (non-hydrogen) atoms. The quantitative estimate of drug-likeness (QED) is 0.749. The minimum absolute atomic E-state index is 0.0722. The molecule has 0 radical (unpaired) electrons. The number of nitrogens with one attached hydrogen (secondary N) is 2. The van der Waals surface area contributed by atoms with Gasteiger partial charge in [0.2, 0.25) is 0 Å². The molecule has 0 aliphatic carbocycles. The van der Waals surface area contributed by atoms with E-state index in [-0.39, 0.29) is 17.6 Å². The molecule has 1 unspecified atom stereocenters. The van der Waals surface area contributed by atoms with Gasteiger partial charge in [-0.05, 0) is 37.5 Å². The van der Waals surface area contributed by atoms with Crippen LogP contribution in [0.4, 0.5) is 10.5 Å². The van der Waals surface area contributed by atoms with Crippen LogP contribution in [-0.4, -0.2) is 23.1 Å². The maximum atomic E-state index is 12.0. The molecular formula is C16H24N2O3. The molecule has 3 N–H and O–H groups in total. The summed E-state index contributed by atoms with van der Waals surface area (Å²) in [6.07, 6.45) is 2.01. The average molecular weight is 292 g/mol. The number of amides is 2. The molecule has 0 saturated heterocycles. The van der Waals surface area contributed by atoms with Gasteiger partial charge in [-0.2, -0.15) is 0 Å². The number of rotatable bonds is 6. The van der Waals surface area contributed by atoms with Crippen LogP contribution >= 0.6 is 0 Å². The van der Waals surface area contributed by atoms with Crippen molar-refractivity contribution in [3.05, 3.63) is 29.3 Å². The predicted octanol–water partition coefficient (Wildman–Crippen LogP) is 3.64. The number of urea groups is 1. The summed E-state index contributed by atoms with van der Waals surface area (Å²) in [5.41, 5.74) is 1.50. The van der Waals surface area contributed by atoms with Crippen molar-refractivity contribution in [2.45, 2.75) is 46.6 Å². The van der Waals surface area contributed by atoms with Crippen molar-refractivity contribution in [3.63, 3.8) is 0 Å². The van der Waals surface area contributed by atoms with Crippen LogP contribution in [0, 0.1) is 12.8 Å². The van der Waals surface area contributed by atoms with Crippen LogP contribution in [0.1, 0.15) is 49.5 Å². The van der Waals surface area contributed by atoms with E-state index in [0.29, 0.717) is 11.6 Å². The van der Waals surface area contributed by atoms with Crippen LogP contribution in [0.25, 0.3) is 0 Å². The summed E-state index contributed by atoms with van der Waals surface area (Å²) in [4.78, 5) is 23.0. The Balaban J connectivity index is 2.75. The third kappa shape index (κ3) is 4.77. The lowest BCUT2D eigenvalue weighted by Crippen LogP contribution is -2.40. The lowest BCUT2D eigenvalue weighted by atomic mass is 9.96. The van der Waals surface area contributed by atoms with Gasteiger partial charge in [0.1, 0.15) is 0 Å². The summed E-state index contributed by atoms with van der Waals surface area (Å²) in [6.45, 7) is 8.01. The predicted molar refractivity (Wildman–Crippen MR) is 83.8 cm³/mol. The van der Waals surface area contributed by atoms with Gasteiger partial charge in [0.25, 0.3) is 0 Å². The lowest BCUT2D eigenvalue weighted by Gasteiger charge is -2.23. The first kappa shape index (κ1) is 17.0. The highest BCUT2D eigenvalue weighted by Crippen LogP contribution is 2.17. The summed E-state index contributed by atoms with van der Waals surface area (Å²) in [5, 5.41) is 14.6. The number of anilines is 1. The van der Waals surface area contributed by atoms with E-state index < -0.39 is 5.97 Å².